The first kappa shape index (κ1) is 13.8. The normalized spacial score (nSPS) is 11.8. The Kier molecular flexibility index (Phi) is 4.39. The molecule has 1 aromatic heterocycles. The van der Waals surface area contributed by atoms with Crippen LogP contribution in [0.5, 0.6) is 0 Å². The molecule has 0 aliphatic carbocycles. The molecule has 1 aromatic carbocycles. The molecule has 5 nitrogen and oxygen atoms in total. The average Bonchev–Trinajstić information content (AvgIpc) is 2.86. The van der Waals surface area contributed by atoms with E-state index in [1.807, 2.05) is 32.0 Å². The van der Waals surface area contributed by atoms with Crippen molar-refractivity contribution in [2.24, 2.45) is 10.9 Å². The maximum atomic E-state index is 8.82. The van der Waals surface area contributed by atoms with E-state index in [1.165, 1.54) is 23.3 Å². The van der Waals surface area contributed by atoms with E-state index < -0.39 is 0 Å². The number of aromatic nitrogens is 2. The Morgan fingerprint density at radius 3 is 2.95 bits per heavy atom. The summed E-state index contributed by atoms with van der Waals surface area (Å²) in [6.45, 7) is 4.02. The molecule has 1 heterocycles. The lowest BCUT2D eigenvalue weighted by molar-refractivity contribution is 0.318. The van der Waals surface area contributed by atoms with Crippen molar-refractivity contribution in [1.82, 2.24) is 9.36 Å². The maximum Gasteiger partial charge on any atom is 0.174 e. The van der Waals surface area contributed by atoms with Crippen LogP contribution in [-0.4, -0.2) is 20.4 Å². The van der Waals surface area contributed by atoms with Gasteiger partial charge in [-0.25, -0.2) is 4.98 Å². The molecular weight excluding hydrogens is 280 g/mol. The van der Waals surface area contributed by atoms with Gasteiger partial charge in [0.1, 0.15) is 5.82 Å². The summed E-state index contributed by atoms with van der Waals surface area (Å²) in [6, 6.07) is 5.76. The number of hydrogen-bond donors (Lipinski definition) is 2. The molecule has 0 atom stereocenters. The lowest BCUT2D eigenvalue weighted by Gasteiger charge is -2.07. The van der Waals surface area contributed by atoms with Crippen molar-refractivity contribution in [3.63, 3.8) is 0 Å². The molecule has 0 amide bonds. The predicted molar refractivity (Wildman–Crippen MR) is 77.1 cm³/mol. The molecule has 2 aromatic rings. The molecule has 0 saturated carbocycles. The maximum absolute atomic E-state index is 8.82. The van der Waals surface area contributed by atoms with E-state index in [-0.39, 0.29) is 5.84 Å². The summed E-state index contributed by atoms with van der Waals surface area (Å²) in [5, 5.41) is 11.9. The van der Waals surface area contributed by atoms with Crippen LogP contribution in [0.3, 0.4) is 0 Å². The van der Waals surface area contributed by atoms with Crippen molar-refractivity contribution in [3.8, 4) is 0 Å². The van der Waals surface area contributed by atoms with E-state index in [2.05, 4.69) is 14.5 Å². The highest BCUT2D eigenvalue weighted by Gasteiger charge is 2.11. The topological polar surface area (TPSA) is 84.4 Å². The Hall–Kier alpha value is -1.60. The second-order valence-electron chi connectivity index (χ2n) is 3.92. The Bertz CT molecular complexity index is 610. The third-order valence-electron chi connectivity index (χ3n) is 2.48. The van der Waals surface area contributed by atoms with E-state index in [0.717, 1.165) is 27.0 Å². The van der Waals surface area contributed by atoms with Crippen molar-refractivity contribution in [2.45, 2.75) is 29.5 Å². The molecule has 0 fully saturated rings. The van der Waals surface area contributed by atoms with Gasteiger partial charge in [-0.3, -0.25) is 0 Å². The quantitative estimate of drug-likeness (QED) is 0.392. The third-order valence-corrected chi connectivity index (χ3v) is 4.33. The van der Waals surface area contributed by atoms with Crippen molar-refractivity contribution in [2.75, 3.05) is 0 Å². The van der Waals surface area contributed by atoms with Crippen LogP contribution in [0.2, 0.25) is 0 Å². The average molecular weight is 294 g/mol. The summed E-state index contributed by atoms with van der Waals surface area (Å²) in [4.78, 5) is 5.32. The van der Waals surface area contributed by atoms with Gasteiger partial charge in [-0.05, 0) is 36.2 Å². The molecule has 2 rings (SSSR count). The van der Waals surface area contributed by atoms with Gasteiger partial charge in [-0.2, -0.15) is 4.37 Å². The fourth-order valence-corrected chi connectivity index (χ4v) is 3.39. The zero-order valence-corrected chi connectivity index (χ0v) is 12.3. The number of hydrogen-bond acceptors (Lipinski definition) is 6. The Morgan fingerprint density at radius 1 is 1.53 bits per heavy atom. The number of aryl methyl sites for hydroxylation is 2. The Labute approximate surface area is 119 Å². The smallest absolute Gasteiger partial charge is 0.174 e. The van der Waals surface area contributed by atoms with Gasteiger partial charge in [0, 0.05) is 16.9 Å². The molecule has 0 spiro atoms. The number of amidine groups is 1. The SMILES string of the molecule is CCc1nsc(Sc2cc(C)ccc2C(N)=NO)n1. The van der Waals surface area contributed by atoms with Crippen LogP contribution < -0.4 is 5.73 Å². The number of nitrogens with two attached hydrogens (primary N) is 1. The van der Waals surface area contributed by atoms with Crippen LogP contribution >= 0.6 is 23.3 Å². The van der Waals surface area contributed by atoms with Crippen LogP contribution in [0.15, 0.2) is 32.6 Å². The van der Waals surface area contributed by atoms with Crippen molar-refractivity contribution >= 4 is 29.1 Å². The second kappa shape index (κ2) is 6.03. The monoisotopic (exact) mass is 294 g/mol. The molecular formula is C12H14N4OS2. The van der Waals surface area contributed by atoms with Gasteiger partial charge in [0.05, 0.1) is 0 Å². The van der Waals surface area contributed by atoms with Gasteiger partial charge in [0.15, 0.2) is 10.2 Å². The molecule has 19 heavy (non-hydrogen) atoms. The van der Waals surface area contributed by atoms with Gasteiger partial charge in [-0.15, -0.1) is 0 Å². The lowest BCUT2D eigenvalue weighted by Crippen LogP contribution is -2.14. The zero-order valence-electron chi connectivity index (χ0n) is 10.6. The largest absolute Gasteiger partial charge is 0.409 e. The highest BCUT2D eigenvalue weighted by molar-refractivity contribution is 8.01. The van der Waals surface area contributed by atoms with Gasteiger partial charge >= 0.3 is 0 Å². The standard InChI is InChI=1S/C12H14N4OS2/c1-3-10-14-12(19-16-10)18-9-6-7(2)4-5-8(9)11(13)15-17/h4-6,17H,3H2,1-2H3,(H2,13,15). The molecule has 0 bridgehead atoms. The summed E-state index contributed by atoms with van der Waals surface area (Å²) >= 11 is 2.84. The predicted octanol–water partition coefficient (Wildman–Crippen LogP) is 2.65. The number of benzene rings is 1. The van der Waals surface area contributed by atoms with Gasteiger partial charge in [0.2, 0.25) is 0 Å². The molecule has 100 valence electrons. The molecule has 7 heteroatoms. The van der Waals surface area contributed by atoms with E-state index >= 15 is 0 Å². The molecule has 3 N–H and O–H groups in total. The minimum Gasteiger partial charge on any atom is -0.409 e. The third kappa shape index (κ3) is 3.24. The highest BCUT2D eigenvalue weighted by atomic mass is 32.2. The van der Waals surface area contributed by atoms with Crippen LogP contribution in [0.25, 0.3) is 0 Å². The van der Waals surface area contributed by atoms with Crippen molar-refractivity contribution in [1.29, 1.82) is 0 Å². The summed E-state index contributed by atoms with van der Waals surface area (Å²) < 4.78 is 5.10. The number of oxime groups is 1. The number of rotatable bonds is 4. The van der Waals surface area contributed by atoms with E-state index in [1.54, 1.807) is 0 Å². The van der Waals surface area contributed by atoms with E-state index in [9.17, 15) is 0 Å². The molecule has 0 saturated heterocycles. The van der Waals surface area contributed by atoms with Crippen molar-refractivity contribution in [3.05, 3.63) is 35.2 Å². The summed E-state index contributed by atoms with van der Waals surface area (Å²) in [7, 11) is 0. The summed E-state index contributed by atoms with van der Waals surface area (Å²) in [5.74, 6) is 0.938. The van der Waals surface area contributed by atoms with Crippen LogP contribution in [0, 0.1) is 6.92 Å². The lowest BCUT2D eigenvalue weighted by atomic mass is 10.1. The van der Waals surface area contributed by atoms with Crippen LogP contribution in [-0.2, 0) is 6.42 Å². The molecule has 0 aliphatic heterocycles. The second-order valence-corrected chi connectivity index (χ2v) is 5.96. The Balaban J connectivity index is 2.35. The molecule has 0 aliphatic rings. The Morgan fingerprint density at radius 2 is 2.32 bits per heavy atom. The first-order chi connectivity index (χ1) is 9.13. The molecule has 0 radical (unpaired) electrons. The fourth-order valence-electron chi connectivity index (χ4n) is 1.50. The van der Waals surface area contributed by atoms with Gasteiger partial charge < -0.3 is 10.9 Å². The first-order valence-electron chi connectivity index (χ1n) is 5.73. The van der Waals surface area contributed by atoms with Gasteiger partial charge in [0.25, 0.3) is 0 Å². The van der Waals surface area contributed by atoms with Crippen LogP contribution in [0.4, 0.5) is 0 Å². The minimum atomic E-state index is 0.0998. The fraction of sp³-hybridized carbons (Fsp3) is 0.250. The highest BCUT2D eigenvalue weighted by Crippen LogP contribution is 2.32. The van der Waals surface area contributed by atoms with E-state index in [4.69, 9.17) is 10.9 Å². The first-order valence-corrected chi connectivity index (χ1v) is 7.32. The van der Waals surface area contributed by atoms with Crippen molar-refractivity contribution < 1.29 is 5.21 Å². The zero-order chi connectivity index (χ0) is 13.8. The van der Waals surface area contributed by atoms with E-state index in [0.29, 0.717) is 5.56 Å². The summed E-state index contributed by atoms with van der Waals surface area (Å²) in [5.41, 5.74) is 7.49. The molecule has 0 unspecified atom stereocenters. The van der Waals surface area contributed by atoms with Crippen LogP contribution in [0.1, 0.15) is 23.9 Å². The number of nitrogens with zero attached hydrogens (tertiary/aromatic N) is 3. The summed E-state index contributed by atoms with van der Waals surface area (Å²) in [6.07, 6.45) is 0.817. The minimum absolute atomic E-state index is 0.0998. The van der Waals surface area contributed by atoms with Gasteiger partial charge in [-0.1, -0.05) is 29.9 Å².